The van der Waals surface area contributed by atoms with E-state index in [2.05, 4.69) is 5.32 Å². The van der Waals surface area contributed by atoms with Gasteiger partial charge in [0, 0.05) is 32.2 Å². The molecule has 19 heavy (non-hydrogen) atoms. The molecular weight excluding hydrogens is 272 g/mol. The Labute approximate surface area is 110 Å². The van der Waals surface area contributed by atoms with Gasteiger partial charge in [-0.25, -0.2) is 13.6 Å². The summed E-state index contributed by atoms with van der Waals surface area (Å²) < 4.78 is 22.5. The first-order chi connectivity index (χ1) is 8.89. The highest BCUT2D eigenvalue weighted by Crippen LogP contribution is 2.30. The zero-order valence-electron chi connectivity index (χ0n) is 10.1. The maximum atomic E-state index is 11.2. The van der Waals surface area contributed by atoms with Crippen LogP contribution in [0.1, 0.15) is 0 Å². The van der Waals surface area contributed by atoms with Gasteiger partial charge in [-0.3, -0.25) is 10.1 Å². The molecule has 1 heterocycles. The van der Waals surface area contributed by atoms with E-state index in [0.717, 1.165) is 19.2 Å². The first-order valence-corrected chi connectivity index (χ1v) is 7.21. The normalized spacial score (nSPS) is 16.4. The molecule has 0 aliphatic carbocycles. The summed E-state index contributed by atoms with van der Waals surface area (Å²) in [5.74, 6) is 0. The van der Waals surface area contributed by atoms with E-state index in [9.17, 15) is 18.5 Å². The number of nitro benzene ring substituents is 1. The SMILES string of the molecule is NS(=O)(=O)c1ccc(N2CCNCC2)c([N+](=O)[O-])c1. The Balaban J connectivity index is 2.46. The maximum absolute atomic E-state index is 11.2. The molecule has 1 saturated heterocycles. The van der Waals surface area contributed by atoms with Gasteiger partial charge in [0.05, 0.1) is 9.82 Å². The summed E-state index contributed by atoms with van der Waals surface area (Å²) in [6, 6.07) is 3.73. The predicted octanol–water partition coefficient (Wildman–Crippen LogP) is -0.348. The van der Waals surface area contributed by atoms with Crippen molar-refractivity contribution >= 4 is 21.4 Å². The number of nitrogens with two attached hydrogens (primary N) is 1. The Morgan fingerprint density at radius 3 is 2.47 bits per heavy atom. The molecule has 0 amide bonds. The molecule has 1 aromatic carbocycles. The third-order valence-electron chi connectivity index (χ3n) is 2.93. The Bertz CT molecular complexity index is 596. The lowest BCUT2D eigenvalue weighted by Gasteiger charge is -2.29. The third kappa shape index (κ3) is 3.00. The zero-order chi connectivity index (χ0) is 14.0. The molecule has 104 valence electrons. The van der Waals surface area contributed by atoms with E-state index in [1.54, 1.807) is 0 Å². The first-order valence-electron chi connectivity index (χ1n) is 5.66. The lowest BCUT2D eigenvalue weighted by molar-refractivity contribution is -0.384. The molecule has 0 saturated carbocycles. The number of sulfonamides is 1. The Morgan fingerprint density at radius 1 is 1.32 bits per heavy atom. The lowest BCUT2D eigenvalue weighted by Crippen LogP contribution is -2.43. The number of hydrogen-bond acceptors (Lipinski definition) is 6. The summed E-state index contributed by atoms with van der Waals surface area (Å²) in [6.45, 7) is 2.73. The highest BCUT2D eigenvalue weighted by Gasteiger charge is 2.23. The summed E-state index contributed by atoms with van der Waals surface area (Å²) in [5, 5.41) is 19.2. The van der Waals surface area contributed by atoms with Gasteiger partial charge in [0.1, 0.15) is 5.69 Å². The fourth-order valence-corrected chi connectivity index (χ4v) is 2.53. The summed E-state index contributed by atoms with van der Waals surface area (Å²) in [6.07, 6.45) is 0. The van der Waals surface area contributed by atoms with Crippen molar-refractivity contribution in [3.05, 3.63) is 28.3 Å². The second-order valence-electron chi connectivity index (χ2n) is 4.19. The standard InChI is InChI=1S/C10H14N4O4S/c11-19(17,18)8-1-2-9(10(7-8)14(15)16)13-5-3-12-4-6-13/h1-2,7,12H,3-6H2,(H2,11,17,18). The highest BCUT2D eigenvalue weighted by molar-refractivity contribution is 7.89. The molecule has 1 aliphatic rings. The van der Waals surface area contributed by atoms with Gasteiger partial charge < -0.3 is 10.2 Å². The Morgan fingerprint density at radius 2 is 1.95 bits per heavy atom. The minimum Gasteiger partial charge on any atom is -0.363 e. The van der Waals surface area contributed by atoms with Crippen LogP contribution in [0.15, 0.2) is 23.1 Å². The molecule has 3 N–H and O–H groups in total. The number of nitro groups is 1. The monoisotopic (exact) mass is 286 g/mol. The number of hydrogen-bond donors (Lipinski definition) is 2. The van der Waals surface area contributed by atoms with Crippen molar-refractivity contribution in [3.8, 4) is 0 Å². The molecule has 0 bridgehead atoms. The van der Waals surface area contributed by atoms with Crippen LogP contribution in [0.2, 0.25) is 0 Å². The van der Waals surface area contributed by atoms with Crippen molar-refractivity contribution < 1.29 is 13.3 Å². The molecule has 0 radical (unpaired) electrons. The zero-order valence-corrected chi connectivity index (χ0v) is 10.9. The van der Waals surface area contributed by atoms with E-state index >= 15 is 0 Å². The third-order valence-corrected chi connectivity index (χ3v) is 3.84. The number of anilines is 1. The molecule has 0 spiro atoms. The van der Waals surface area contributed by atoms with E-state index in [1.807, 2.05) is 4.90 Å². The van der Waals surface area contributed by atoms with Crippen molar-refractivity contribution in [3.63, 3.8) is 0 Å². The topological polar surface area (TPSA) is 119 Å². The van der Waals surface area contributed by atoms with E-state index in [-0.39, 0.29) is 10.6 Å². The second-order valence-corrected chi connectivity index (χ2v) is 5.75. The number of primary sulfonamides is 1. The molecular formula is C10H14N4O4S. The molecule has 2 rings (SSSR count). The minimum atomic E-state index is -3.94. The van der Waals surface area contributed by atoms with Crippen LogP contribution < -0.4 is 15.4 Å². The predicted molar refractivity (Wildman–Crippen MR) is 69.6 cm³/mol. The molecule has 8 nitrogen and oxygen atoms in total. The van der Waals surface area contributed by atoms with Gasteiger partial charge in [-0.05, 0) is 12.1 Å². The first kappa shape index (κ1) is 13.7. The molecule has 1 aliphatic heterocycles. The largest absolute Gasteiger partial charge is 0.363 e. The van der Waals surface area contributed by atoms with Gasteiger partial charge >= 0.3 is 0 Å². The summed E-state index contributed by atoms with van der Waals surface area (Å²) in [5.41, 5.74) is 0.173. The number of benzene rings is 1. The van der Waals surface area contributed by atoms with Crippen LogP contribution in [-0.4, -0.2) is 39.5 Å². The molecule has 1 fully saturated rings. The van der Waals surface area contributed by atoms with Crippen LogP contribution in [0.3, 0.4) is 0 Å². The van der Waals surface area contributed by atoms with Crippen LogP contribution in [-0.2, 0) is 10.0 Å². The highest BCUT2D eigenvalue weighted by atomic mass is 32.2. The summed E-state index contributed by atoms with van der Waals surface area (Å²) in [7, 11) is -3.94. The summed E-state index contributed by atoms with van der Waals surface area (Å²) >= 11 is 0. The molecule has 0 aromatic heterocycles. The number of nitrogens with zero attached hydrogens (tertiary/aromatic N) is 2. The molecule has 1 aromatic rings. The summed E-state index contributed by atoms with van der Waals surface area (Å²) in [4.78, 5) is 12.1. The van der Waals surface area contributed by atoms with E-state index in [4.69, 9.17) is 5.14 Å². The van der Waals surface area contributed by atoms with Gasteiger partial charge in [0.2, 0.25) is 10.0 Å². The van der Waals surface area contributed by atoms with Crippen molar-refractivity contribution in [1.82, 2.24) is 5.32 Å². The van der Waals surface area contributed by atoms with E-state index in [0.29, 0.717) is 18.8 Å². The molecule has 9 heteroatoms. The fraction of sp³-hybridized carbons (Fsp3) is 0.400. The maximum Gasteiger partial charge on any atom is 0.293 e. The van der Waals surface area contributed by atoms with Gasteiger partial charge in [-0.15, -0.1) is 0 Å². The van der Waals surface area contributed by atoms with Gasteiger partial charge in [-0.1, -0.05) is 0 Å². The Kier molecular flexibility index (Phi) is 3.69. The lowest BCUT2D eigenvalue weighted by atomic mass is 10.2. The van der Waals surface area contributed by atoms with Gasteiger partial charge in [0.15, 0.2) is 0 Å². The molecule has 0 atom stereocenters. The smallest absolute Gasteiger partial charge is 0.293 e. The average Bonchev–Trinajstić information content (AvgIpc) is 2.38. The fourth-order valence-electron chi connectivity index (χ4n) is 2.00. The van der Waals surface area contributed by atoms with Crippen molar-refractivity contribution in [1.29, 1.82) is 0 Å². The van der Waals surface area contributed by atoms with E-state index in [1.165, 1.54) is 12.1 Å². The number of nitrogens with one attached hydrogen (secondary N) is 1. The van der Waals surface area contributed by atoms with Crippen LogP contribution in [0, 0.1) is 10.1 Å². The van der Waals surface area contributed by atoms with Crippen LogP contribution >= 0.6 is 0 Å². The van der Waals surface area contributed by atoms with Crippen LogP contribution in [0.25, 0.3) is 0 Å². The Hall–Kier alpha value is -1.71. The van der Waals surface area contributed by atoms with Crippen LogP contribution in [0.5, 0.6) is 0 Å². The van der Waals surface area contributed by atoms with Crippen molar-refractivity contribution in [2.24, 2.45) is 5.14 Å². The van der Waals surface area contributed by atoms with Crippen LogP contribution in [0.4, 0.5) is 11.4 Å². The average molecular weight is 286 g/mol. The number of piperazine rings is 1. The second kappa shape index (κ2) is 5.11. The van der Waals surface area contributed by atoms with Crippen molar-refractivity contribution in [2.45, 2.75) is 4.90 Å². The van der Waals surface area contributed by atoms with Gasteiger partial charge in [-0.2, -0.15) is 0 Å². The van der Waals surface area contributed by atoms with Crippen molar-refractivity contribution in [2.75, 3.05) is 31.1 Å². The number of rotatable bonds is 3. The quantitative estimate of drug-likeness (QED) is 0.579. The minimum absolute atomic E-state index is 0.242. The van der Waals surface area contributed by atoms with Gasteiger partial charge in [0.25, 0.3) is 5.69 Å². The molecule has 0 unspecified atom stereocenters. The van der Waals surface area contributed by atoms with E-state index < -0.39 is 14.9 Å².